The number of carbonyl (C=O) groups is 3. The van der Waals surface area contributed by atoms with Crippen molar-refractivity contribution < 1.29 is 23.9 Å². The van der Waals surface area contributed by atoms with Gasteiger partial charge in [-0.05, 0) is 52.6 Å². The first kappa shape index (κ1) is 19.8. The molecule has 4 saturated heterocycles. The average Bonchev–Trinajstić information content (AvgIpc) is 3.00. The zero-order chi connectivity index (χ0) is 19.8. The third-order valence-corrected chi connectivity index (χ3v) is 7.47. The Morgan fingerprint density at radius 2 is 1.14 bits per heavy atom. The van der Waals surface area contributed by atoms with Crippen LogP contribution in [0.15, 0.2) is 0 Å². The molecule has 28 heavy (non-hydrogen) atoms. The van der Waals surface area contributed by atoms with Crippen molar-refractivity contribution in [2.24, 2.45) is 0 Å². The molecular weight excluding hydrogens is 360 g/mol. The van der Waals surface area contributed by atoms with Gasteiger partial charge in [-0.25, -0.2) is 4.79 Å². The molecule has 0 amide bonds. The number of nitrogens with zero attached hydrogens (tertiary/aromatic N) is 2. The van der Waals surface area contributed by atoms with Gasteiger partial charge in [-0.15, -0.1) is 0 Å². The predicted molar refractivity (Wildman–Crippen MR) is 102 cm³/mol. The highest BCUT2D eigenvalue weighted by Crippen LogP contribution is 2.36. The Morgan fingerprint density at radius 1 is 0.714 bits per heavy atom. The van der Waals surface area contributed by atoms with Crippen LogP contribution in [0, 0.1) is 0 Å². The first-order valence-corrected chi connectivity index (χ1v) is 10.8. The van der Waals surface area contributed by atoms with Crippen molar-refractivity contribution in [3.63, 3.8) is 0 Å². The van der Waals surface area contributed by atoms with Crippen molar-refractivity contribution in [1.29, 1.82) is 0 Å². The molecule has 4 aliphatic rings. The highest BCUT2D eigenvalue weighted by atomic mass is 16.6. The average molecular weight is 392 g/mol. The first-order chi connectivity index (χ1) is 13.4. The molecule has 0 N–H and O–H groups in total. The number of esters is 2. The summed E-state index contributed by atoms with van der Waals surface area (Å²) >= 11 is 0. The lowest BCUT2D eigenvalue weighted by molar-refractivity contribution is -0.161. The molecule has 4 rings (SSSR count). The van der Waals surface area contributed by atoms with Crippen LogP contribution in [0.1, 0.15) is 64.2 Å². The summed E-state index contributed by atoms with van der Waals surface area (Å²) < 4.78 is 11.0. The van der Waals surface area contributed by atoms with E-state index in [-0.39, 0.29) is 31.0 Å². The number of piperidine rings is 2. The zero-order valence-electron chi connectivity index (χ0n) is 17.0. The van der Waals surface area contributed by atoms with Gasteiger partial charge in [-0.3, -0.25) is 9.59 Å². The van der Waals surface area contributed by atoms with E-state index in [0.29, 0.717) is 24.2 Å². The Morgan fingerprint density at radius 3 is 1.61 bits per heavy atom. The topological polar surface area (TPSA) is 76.1 Å². The maximum absolute atomic E-state index is 12.1. The van der Waals surface area contributed by atoms with Crippen LogP contribution < -0.4 is 0 Å². The Labute approximate surface area is 166 Å². The molecule has 4 heterocycles. The molecule has 156 valence electrons. The summed E-state index contributed by atoms with van der Waals surface area (Å²) in [6.45, 7) is 0. The molecule has 4 atom stereocenters. The zero-order valence-corrected chi connectivity index (χ0v) is 17.0. The Balaban J connectivity index is 1.17. The second-order valence-electron chi connectivity index (χ2n) is 9.11. The van der Waals surface area contributed by atoms with Crippen LogP contribution >= 0.6 is 0 Å². The molecule has 0 radical (unpaired) electrons. The van der Waals surface area contributed by atoms with E-state index in [4.69, 9.17) is 9.47 Å². The fraction of sp³-hybridized carbons (Fsp3) is 0.857. The van der Waals surface area contributed by atoms with Crippen LogP contribution in [0.2, 0.25) is 0 Å². The summed E-state index contributed by atoms with van der Waals surface area (Å²) in [5.74, 6) is -1.79. The molecule has 0 aromatic heterocycles. The van der Waals surface area contributed by atoms with Gasteiger partial charge in [0.05, 0.1) is 6.42 Å². The first-order valence-electron chi connectivity index (χ1n) is 10.8. The second-order valence-corrected chi connectivity index (χ2v) is 9.11. The number of fused-ring (bicyclic) bond motifs is 4. The van der Waals surface area contributed by atoms with E-state index in [0.717, 1.165) is 51.4 Å². The summed E-state index contributed by atoms with van der Waals surface area (Å²) in [4.78, 5) is 41.1. The van der Waals surface area contributed by atoms with Gasteiger partial charge in [-0.2, -0.15) is 0 Å². The normalized spacial score (nSPS) is 37.6. The molecule has 0 aromatic rings. The lowest BCUT2D eigenvalue weighted by Crippen LogP contribution is -2.44. The number of hydrogen-bond acceptors (Lipinski definition) is 7. The number of rotatable bonds is 6. The minimum Gasteiger partial charge on any atom is -0.462 e. The second kappa shape index (κ2) is 8.11. The van der Waals surface area contributed by atoms with Crippen molar-refractivity contribution in [2.45, 2.75) is 101 Å². The van der Waals surface area contributed by atoms with Crippen LogP contribution in [0.25, 0.3) is 0 Å². The molecule has 4 unspecified atom stereocenters. The lowest BCUT2D eigenvalue weighted by atomic mass is 10.0. The number of ketones is 1. The SMILES string of the molecule is CN1C2CCC1CC(OC(=O)CCC(=O)C(=O)OC1CC3CCC(C1)N3C)C2. The third-order valence-electron chi connectivity index (χ3n) is 7.47. The molecule has 0 aliphatic carbocycles. The van der Waals surface area contributed by atoms with E-state index in [1.165, 1.54) is 0 Å². The van der Waals surface area contributed by atoms with Gasteiger partial charge in [0.15, 0.2) is 0 Å². The Kier molecular flexibility index (Phi) is 5.74. The van der Waals surface area contributed by atoms with Crippen LogP contribution in [0.5, 0.6) is 0 Å². The number of carbonyl (C=O) groups excluding carboxylic acids is 3. The van der Waals surface area contributed by atoms with E-state index < -0.39 is 11.8 Å². The Bertz CT molecular complexity index is 610. The largest absolute Gasteiger partial charge is 0.462 e. The highest BCUT2D eigenvalue weighted by Gasteiger charge is 2.41. The van der Waals surface area contributed by atoms with Gasteiger partial charge in [0.2, 0.25) is 5.78 Å². The van der Waals surface area contributed by atoms with Gasteiger partial charge in [0, 0.05) is 43.4 Å². The van der Waals surface area contributed by atoms with Crippen molar-refractivity contribution in [1.82, 2.24) is 9.80 Å². The van der Waals surface area contributed by atoms with E-state index in [9.17, 15) is 14.4 Å². The quantitative estimate of drug-likeness (QED) is 0.503. The molecule has 0 spiro atoms. The lowest BCUT2D eigenvalue weighted by Gasteiger charge is -2.35. The molecular formula is C21H32N2O5. The van der Waals surface area contributed by atoms with Crippen molar-refractivity contribution in [3.8, 4) is 0 Å². The summed E-state index contributed by atoms with van der Waals surface area (Å²) in [7, 11) is 4.26. The van der Waals surface area contributed by atoms with Gasteiger partial charge in [-0.1, -0.05) is 0 Å². The molecule has 0 saturated carbocycles. The van der Waals surface area contributed by atoms with E-state index in [2.05, 4.69) is 23.9 Å². The van der Waals surface area contributed by atoms with Crippen LogP contribution in [-0.2, 0) is 23.9 Å². The van der Waals surface area contributed by atoms with Gasteiger partial charge >= 0.3 is 11.9 Å². The molecule has 0 aromatic carbocycles. The van der Waals surface area contributed by atoms with Crippen LogP contribution in [-0.4, -0.2) is 78.0 Å². The molecule has 7 heteroatoms. The maximum Gasteiger partial charge on any atom is 0.374 e. The highest BCUT2D eigenvalue weighted by molar-refractivity contribution is 6.33. The van der Waals surface area contributed by atoms with Crippen molar-refractivity contribution in [2.75, 3.05) is 14.1 Å². The minimum absolute atomic E-state index is 0.0474. The van der Waals surface area contributed by atoms with E-state index in [1.807, 2.05) is 0 Å². The maximum atomic E-state index is 12.1. The predicted octanol–water partition coefficient (Wildman–Crippen LogP) is 1.67. The van der Waals surface area contributed by atoms with Gasteiger partial charge in [0.25, 0.3) is 0 Å². The third kappa shape index (κ3) is 4.10. The number of hydrogen-bond donors (Lipinski definition) is 0. The minimum atomic E-state index is -0.793. The molecule has 4 aliphatic heterocycles. The van der Waals surface area contributed by atoms with E-state index >= 15 is 0 Å². The van der Waals surface area contributed by atoms with Gasteiger partial charge in [0.1, 0.15) is 12.2 Å². The summed E-state index contributed by atoms with van der Waals surface area (Å²) in [5, 5.41) is 0. The van der Waals surface area contributed by atoms with Crippen molar-refractivity contribution in [3.05, 3.63) is 0 Å². The summed E-state index contributed by atoms with van der Waals surface area (Å²) in [6, 6.07) is 1.90. The molecule has 4 bridgehead atoms. The smallest absolute Gasteiger partial charge is 0.374 e. The van der Waals surface area contributed by atoms with Gasteiger partial charge < -0.3 is 19.3 Å². The standard InChI is InChI=1S/C21H32N2O5/c1-22-13-3-4-14(22)10-17(9-13)27-20(25)8-7-19(24)21(26)28-18-11-15-5-6-16(12-18)23(15)2/h13-18H,3-12H2,1-2H3. The van der Waals surface area contributed by atoms with Crippen LogP contribution in [0.3, 0.4) is 0 Å². The molecule has 4 fully saturated rings. The number of Topliss-reactive ketones (excluding diaryl/α,β-unsaturated/α-hetero) is 1. The van der Waals surface area contributed by atoms with Crippen molar-refractivity contribution >= 4 is 17.7 Å². The van der Waals surface area contributed by atoms with E-state index in [1.54, 1.807) is 0 Å². The number of ether oxygens (including phenoxy) is 2. The van der Waals surface area contributed by atoms with Crippen LogP contribution in [0.4, 0.5) is 0 Å². The fourth-order valence-electron chi connectivity index (χ4n) is 5.70. The Hall–Kier alpha value is -1.47. The summed E-state index contributed by atoms with van der Waals surface area (Å²) in [5.41, 5.74) is 0. The fourth-order valence-corrected chi connectivity index (χ4v) is 5.70. The monoisotopic (exact) mass is 392 g/mol. The summed E-state index contributed by atoms with van der Waals surface area (Å²) in [6.07, 6.45) is 7.52. The molecule has 7 nitrogen and oxygen atoms in total.